The molecule has 40 heavy (non-hydrogen) atoms. The van der Waals surface area contributed by atoms with Crippen LogP contribution in [0.1, 0.15) is 93.5 Å². The number of carbonyl (C=O) groups is 2. The van der Waals surface area contributed by atoms with E-state index in [1.807, 2.05) is 29.5 Å². The van der Waals surface area contributed by atoms with Gasteiger partial charge in [-0.05, 0) is 103 Å². The Morgan fingerprint density at radius 3 is 2.38 bits per heavy atom. The summed E-state index contributed by atoms with van der Waals surface area (Å²) in [6, 6.07) is 11.8. The number of carbonyl (C=O) groups excluding carboxylic acids is 2. The Labute approximate surface area is 238 Å². The molecule has 0 N–H and O–H groups in total. The minimum atomic E-state index is -0.266. The van der Waals surface area contributed by atoms with Crippen molar-refractivity contribution in [2.45, 2.75) is 109 Å². The summed E-state index contributed by atoms with van der Waals surface area (Å²) in [7, 11) is 0. The lowest BCUT2D eigenvalue weighted by Gasteiger charge is -2.51. The highest BCUT2D eigenvalue weighted by Crippen LogP contribution is 2.45. The summed E-state index contributed by atoms with van der Waals surface area (Å²) >= 11 is 0. The average molecular weight is 548 g/mol. The molecule has 4 aliphatic rings. The van der Waals surface area contributed by atoms with Crippen LogP contribution < -0.4 is 0 Å². The molecule has 2 unspecified atom stereocenters. The third-order valence-corrected chi connectivity index (χ3v) is 9.88. The van der Waals surface area contributed by atoms with Gasteiger partial charge in [-0.3, -0.25) is 9.48 Å². The summed E-state index contributed by atoms with van der Waals surface area (Å²) in [4.78, 5) is 33.4. The van der Waals surface area contributed by atoms with E-state index in [2.05, 4.69) is 59.9 Å². The first kappa shape index (κ1) is 27.3. The molecule has 2 amide bonds. The summed E-state index contributed by atoms with van der Waals surface area (Å²) in [5, 5.41) is 4.68. The molecule has 216 valence electrons. The van der Waals surface area contributed by atoms with Crippen LogP contribution in [-0.4, -0.2) is 80.8 Å². The van der Waals surface area contributed by atoms with Crippen molar-refractivity contribution in [3.8, 4) is 0 Å². The zero-order chi connectivity index (χ0) is 28.2. The van der Waals surface area contributed by atoms with E-state index in [0.717, 1.165) is 63.9 Å². The fraction of sp³-hybridized carbons (Fsp3) is 0.656. The van der Waals surface area contributed by atoms with Gasteiger partial charge < -0.3 is 19.4 Å². The van der Waals surface area contributed by atoms with Gasteiger partial charge in [0.05, 0.1) is 17.8 Å². The van der Waals surface area contributed by atoms with Crippen molar-refractivity contribution >= 4 is 12.0 Å². The number of benzene rings is 1. The number of piperidine rings is 2. The van der Waals surface area contributed by atoms with E-state index in [-0.39, 0.29) is 23.0 Å². The molecule has 2 atom stereocenters. The summed E-state index contributed by atoms with van der Waals surface area (Å²) < 4.78 is 7.28. The van der Waals surface area contributed by atoms with Crippen LogP contribution in [0.2, 0.25) is 0 Å². The lowest BCUT2D eigenvalue weighted by atomic mass is 9.68. The summed E-state index contributed by atoms with van der Waals surface area (Å²) in [5.74, 6) is 0.0785. The third-order valence-electron chi connectivity index (χ3n) is 9.88. The molecule has 8 nitrogen and oxygen atoms in total. The smallest absolute Gasteiger partial charge is 0.410 e. The molecule has 3 saturated heterocycles. The molecule has 1 spiro atoms. The Hall–Kier alpha value is -2.87. The minimum Gasteiger partial charge on any atom is -0.450 e. The molecule has 2 aromatic rings. The molecule has 4 aliphatic heterocycles. The first-order valence-electron chi connectivity index (χ1n) is 15.2. The van der Waals surface area contributed by atoms with Crippen molar-refractivity contribution < 1.29 is 14.3 Å². The number of amides is 2. The van der Waals surface area contributed by atoms with Gasteiger partial charge in [0.2, 0.25) is 0 Å². The number of likely N-dealkylation sites (tertiary alicyclic amines) is 1. The lowest BCUT2D eigenvalue weighted by molar-refractivity contribution is 0.0189. The quantitative estimate of drug-likeness (QED) is 0.536. The zero-order valence-electron chi connectivity index (χ0n) is 24.9. The number of aryl methyl sites for hydroxylation is 1. The number of aromatic nitrogens is 2. The van der Waals surface area contributed by atoms with Gasteiger partial charge in [-0.2, -0.15) is 5.10 Å². The predicted octanol–water partition coefficient (Wildman–Crippen LogP) is 5.09. The normalized spacial score (nSPS) is 26.2. The van der Waals surface area contributed by atoms with Crippen molar-refractivity contribution in [2.75, 3.05) is 26.2 Å². The first-order chi connectivity index (χ1) is 19.1. The Kier molecular flexibility index (Phi) is 6.96. The Morgan fingerprint density at radius 2 is 1.73 bits per heavy atom. The maximum atomic E-state index is 14.1. The van der Waals surface area contributed by atoms with Gasteiger partial charge in [0.15, 0.2) is 0 Å². The van der Waals surface area contributed by atoms with Gasteiger partial charge in [0.25, 0.3) is 5.91 Å². The van der Waals surface area contributed by atoms with Crippen LogP contribution in [0.25, 0.3) is 0 Å². The van der Waals surface area contributed by atoms with Crippen LogP contribution >= 0.6 is 0 Å². The van der Waals surface area contributed by atoms with Crippen molar-refractivity contribution in [3.05, 3.63) is 52.8 Å². The van der Waals surface area contributed by atoms with Crippen LogP contribution in [0.15, 0.2) is 30.3 Å². The zero-order valence-corrected chi connectivity index (χ0v) is 24.9. The Balaban J connectivity index is 1.20. The second-order valence-electron chi connectivity index (χ2n) is 13.5. The van der Waals surface area contributed by atoms with Crippen LogP contribution in [0.3, 0.4) is 0 Å². The number of ether oxygens (including phenoxy) is 1. The van der Waals surface area contributed by atoms with Crippen LogP contribution in [0.4, 0.5) is 4.79 Å². The number of fused-ring (bicyclic) bond motifs is 4. The molecule has 0 radical (unpaired) electrons. The highest BCUT2D eigenvalue weighted by Gasteiger charge is 2.48. The van der Waals surface area contributed by atoms with Gasteiger partial charge in [0.1, 0.15) is 5.69 Å². The fourth-order valence-electron chi connectivity index (χ4n) is 8.04. The molecule has 6 rings (SSSR count). The number of nitrogens with zero attached hydrogens (tertiary/aromatic N) is 5. The summed E-state index contributed by atoms with van der Waals surface area (Å²) in [5.41, 5.74) is 3.96. The van der Waals surface area contributed by atoms with Crippen LogP contribution in [0, 0.1) is 6.92 Å². The third kappa shape index (κ3) is 4.72. The van der Waals surface area contributed by atoms with Gasteiger partial charge in [-0.25, -0.2) is 4.79 Å². The number of hydrogen-bond donors (Lipinski definition) is 0. The largest absolute Gasteiger partial charge is 0.450 e. The van der Waals surface area contributed by atoms with E-state index in [1.165, 1.54) is 11.1 Å². The highest BCUT2D eigenvalue weighted by molar-refractivity contribution is 5.93. The van der Waals surface area contributed by atoms with E-state index in [0.29, 0.717) is 37.0 Å². The Bertz CT molecular complexity index is 1260. The van der Waals surface area contributed by atoms with E-state index in [4.69, 9.17) is 4.74 Å². The molecule has 3 fully saturated rings. The average Bonchev–Trinajstić information content (AvgIpc) is 3.45. The molecule has 5 heterocycles. The maximum absolute atomic E-state index is 14.1. The molecule has 0 aliphatic carbocycles. The van der Waals surface area contributed by atoms with Crippen molar-refractivity contribution in [1.82, 2.24) is 24.5 Å². The molecule has 2 bridgehead atoms. The monoisotopic (exact) mass is 547 g/mol. The summed E-state index contributed by atoms with van der Waals surface area (Å²) in [6.45, 7) is 14.0. The van der Waals surface area contributed by atoms with E-state index < -0.39 is 0 Å². The van der Waals surface area contributed by atoms with E-state index in [9.17, 15) is 9.59 Å². The first-order valence-corrected chi connectivity index (χ1v) is 15.2. The Morgan fingerprint density at radius 1 is 1.05 bits per heavy atom. The van der Waals surface area contributed by atoms with Gasteiger partial charge >= 0.3 is 6.09 Å². The highest BCUT2D eigenvalue weighted by atomic mass is 16.6. The molecular weight excluding hydrogens is 502 g/mol. The van der Waals surface area contributed by atoms with Crippen molar-refractivity contribution in [1.29, 1.82) is 0 Å². The SMILES string of the molecule is CCOC(=O)N1C2CCC1CC(N1CCC3(CC1)CN(C(=O)c1cc(C)nn1C(C)(C)C)Cc1ccccc13)C2. The molecule has 8 heteroatoms. The number of rotatable bonds is 3. The van der Waals surface area contributed by atoms with E-state index in [1.54, 1.807) is 0 Å². The maximum Gasteiger partial charge on any atom is 0.410 e. The molecule has 1 aromatic heterocycles. The summed E-state index contributed by atoms with van der Waals surface area (Å²) in [6.07, 6.45) is 6.22. The van der Waals surface area contributed by atoms with Gasteiger partial charge in [-0.1, -0.05) is 24.3 Å². The van der Waals surface area contributed by atoms with Gasteiger partial charge in [0, 0.05) is 36.6 Å². The fourth-order valence-corrected chi connectivity index (χ4v) is 8.04. The van der Waals surface area contributed by atoms with E-state index >= 15 is 0 Å². The van der Waals surface area contributed by atoms with Crippen LogP contribution in [-0.2, 0) is 22.2 Å². The van der Waals surface area contributed by atoms with Crippen molar-refractivity contribution in [2.24, 2.45) is 0 Å². The standard InChI is InChI=1S/C32H45N5O3/c1-6-40-30(39)36-24-11-12-25(36)19-26(18-24)34-15-13-32(14-16-34)21-35(20-23-9-7-8-10-27(23)32)29(38)28-17-22(2)33-37(28)31(3,4)5/h7-10,17,24-26H,6,11-16,18-21H2,1-5H3. The number of hydrogen-bond acceptors (Lipinski definition) is 5. The lowest BCUT2D eigenvalue weighted by Crippen LogP contribution is -2.57. The minimum absolute atomic E-state index is 0.0345. The van der Waals surface area contributed by atoms with Crippen LogP contribution in [0.5, 0.6) is 0 Å². The van der Waals surface area contributed by atoms with Gasteiger partial charge in [-0.15, -0.1) is 0 Å². The second kappa shape index (κ2) is 10.2. The molecular formula is C32H45N5O3. The van der Waals surface area contributed by atoms with Crippen molar-refractivity contribution in [3.63, 3.8) is 0 Å². The molecule has 1 aromatic carbocycles. The second-order valence-corrected chi connectivity index (χ2v) is 13.5. The predicted molar refractivity (Wildman–Crippen MR) is 154 cm³/mol. The molecule has 0 saturated carbocycles. The topological polar surface area (TPSA) is 70.9 Å².